The first-order chi connectivity index (χ1) is 10.8. The molecular formula is C14H21BrN5O3+. The third kappa shape index (κ3) is 6.15. The predicted molar refractivity (Wildman–Crippen MR) is 91.4 cm³/mol. The van der Waals surface area contributed by atoms with Gasteiger partial charge in [0.05, 0.1) is 11.1 Å². The summed E-state index contributed by atoms with van der Waals surface area (Å²) in [6.07, 6.45) is 1.60. The molecule has 1 aromatic rings. The molecule has 9 heteroatoms. The van der Waals surface area contributed by atoms with Crippen LogP contribution < -0.4 is 26.0 Å². The Morgan fingerprint density at radius 1 is 1.39 bits per heavy atom. The van der Waals surface area contributed by atoms with Gasteiger partial charge in [0.1, 0.15) is 0 Å². The molecule has 0 aliphatic heterocycles. The Morgan fingerprint density at radius 3 is 2.65 bits per heavy atom. The number of ether oxygens (including phenoxy) is 2. The number of hydrazone groups is 1. The monoisotopic (exact) mass is 386 g/mol. The number of rotatable bonds is 7. The smallest absolute Gasteiger partial charge is 0.259 e. The van der Waals surface area contributed by atoms with Gasteiger partial charge < -0.3 is 25.8 Å². The molecule has 0 fully saturated rings. The molecule has 126 valence electrons. The second kappa shape index (κ2) is 8.99. The van der Waals surface area contributed by atoms with Crippen molar-refractivity contribution in [1.29, 1.82) is 0 Å². The maximum absolute atomic E-state index is 11.7. The van der Waals surface area contributed by atoms with Crippen molar-refractivity contribution in [2.75, 3.05) is 27.3 Å². The Balaban J connectivity index is 3.04. The zero-order valence-electron chi connectivity index (χ0n) is 13.3. The summed E-state index contributed by atoms with van der Waals surface area (Å²) >= 11 is 3.41. The number of likely N-dealkylation sites (N-methyl/N-ethyl adjacent to an activating group) is 1. The Hall–Kier alpha value is -2.29. The summed E-state index contributed by atoms with van der Waals surface area (Å²) < 4.78 is 11.8. The van der Waals surface area contributed by atoms with E-state index in [1.807, 2.05) is 6.92 Å². The highest BCUT2D eigenvalue weighted by atomic mass is 79.9. The number of halogens is 1. The summed E-state index contributed by atoms with van der Waals surface area (Å²) in [6.45, 7) is 2.23. The van der Waals surface area contributed by atoms with Crippen molar-refractivity contribution in [3.8, 4) is 11.5 Å². The zero-order chi connectivity index (χ0) is 17.4. The number of carbonyl (C=O) groups is 1. The summed E-state index contributed by atoms with van der Waals surface area (Å²) in [4.78, 5) is 13.1. The zero-order valence-corrected chi connectivity index (χ0v) is 14.9. The van der Waals surface area contributed by atoms with E-state index in [2.05, 4.69) is 26.1 Å². The molecule has 0 aliphatic rings. The average molecular weight is 387 g/mol. The van der Waals surface area contributed by atoms with Gasteiger partial charge in [-0.1, -0.05) is 0 Å². The molecule has 0 saturated carbocycles. The second-order valence-corrected chi connectivity index (χ2v) is 5.50. The van der Waals surface area contributed by atoms with Crippen molar-refractivity contribution in [3.05, 3.63) is 22.2 Å². The van der Waals surface area contributed by atoms with E-state index < -0.39 is 0 Å². The molecule has 1 amide bonds. The molecular weight excluding hydrogens is 366 g/mol. The summed E-state index contributed by atoms with van der Waals surface area (Å²) in [6, 6.07) is 3.53. The van der Waals surface area contributed by atoms with Gasteiger partial charge in [0.25, 0.3) is 11.9 Å². The fourth-order valence-corrected chi connectivity index (χ4v) is 2.09. The first-order valence-corrected chi connectivity index (χ1v) is 7.61. The fourth-order valence-electron chi connectivity index (χ4n) is 1.52. The van der Waals surface area contributed by atoms with Crippen molar-refractivity contribution in [3.63, 3.8) is 0 Å². The molecule has 0 aliphatic carbocycles. The molecule has 8 nitrogen and oxygen atoms in total. The van der Waals surface area contributed by atoms with Crippen molar-refractivity contribution >= 4 is 34.0 Å². The molecule has 0 radical (unpaired) electrons. The largest absolute Gasteiger partial charge is 0.490 e. The fraction of sp³-hybridized carbons (Fsp3) is 0.357. The van der Waals surface area contributed by atoms with Crippen LogP contribution in [0.5, 0.6) is 11.5 Å². The van der Waals surface area contributed by atoms with E-state index in [1.165, 1.54) is 4.90 Å². The average Bonchev–Trinajstić information content (AvgIpc) is 2.45. The number of nitrogens with one attached hydrogen (secondary N) is 1. The van der Waals surface area contributed by atoms with Crippen LogP contribution in [-0.2, 0) is 4.79 Å². The van der Waals surface area contributed by atoms with Crippen LogP contribution in [0.15, 0.2) is 21.7 Å². The molecule has 0 saturated heterocycles. The van der Waals surface area contributed by atoms with Gasteiger partial charge in [-0.25, -0.2) is 0 Å². The number of hydrogen-bond donors (Lipinski definition) is 3. The van der Waals surface area contributed by atoms with Gasteiger partial charge in [-0.15, -0.1) is 5.10 Å². The number of guanidine groups is 1. The molecule has 23 heavy (non-hydrogen) atoms. The van der Waals surface area contributed by atoms with Crippen LogP contribution in [0, 0.1) is 0 Å². The molecule has 0 spiro atoms. The number of nitrogens with two attached hydrogens (primary N) is 2. The van der Waals surface area contributed by atoms with Crippen LogP contribution in [0.2, 0.25) is 0 Å². The lowest BCUT2D eigenvalue weighted by Gasteiger charge is -2.15. The van der Waals surface area contributed by atoms with E-state index in [1.54, 1.807) is 32.4 Å². The lowest BCUT2D eigenvalue weighted by atomic mass is 10.2. The third-order valence-electron chi connectivity index (χ3n) is 2.60. The summed E-state index contributed by atoms with van der Waals surface area (Å²) in [5.74, 6) is 0.740. The van der Waals surface area contributed by atoms with E-state index in [-0.39, 0.29) is 18.5 Å². The van der Waals surface area contributed by atoms with Gasteiger partial charge in [-0.05, 0) is 35.0 Å². The minimum atomic E-state index is -0.149. The molecule has 0 aromatic heterocycles. The van der Waals surface area contributed by atoms with Crippen molar-refractivity contribution in [2.45, 2.75) is 6.92 Å². The highest BCUT2D eigenvalue weighted by Gasteiger charge is 2.15. The van der Waals surface area contributed by atoms with E-state index >= 15 is 0 Å². The van der Waals surface area contributed by atoms with Gasteiger partial charge in [0.15, 0.2) is 18.1 Å². The van der Waals surface area contributed by atoms with Gasteiger partial charge in [-0.3, -0.25) is 4.79 Å². The Labute approximate surface area is 143 Å². The number of benzene rings is 1. The normalized spacial score (nSPS) is 10.4. The molecule has 0 bridgehead atoms. The van der Waals surface area contributed by atoms with E-state index in [0.29, 0.717) is 22.6 Å². The Bertz CT molecular complexity index is 613. The van der Waals surface area contributed by atoms with Crippen LogP contribution in [-0.4, -0.2) is 50.3 Å². The molecule has 0 unspecified atom stereocenters. The Kier molecular flexibility index (Phi) is 7.33. The number of nitrogens with zero attached hydrogens (tertiary/aromatic N) is 2. The summed E-state index contributed by atoms with van der Waals surface area (Å²) in [5, 5.41) is 6.27. The first kappa shape index (κ1) is 18.8. The predicted octanol–water partition coefficient (Wildman–Crippen LogP) is -0.997. The quantitative estimate of drug-likeness (QED) is 0.315. The minimum absolute atomic E-state index is 0.0764. The topological polar surface area (TPSA) is 117 Å². The molecule has 1 aromatic carbocycles. The number of hydrogen-bond acceptors (Lipinski definition) is 4. The van der Waals surface area contributed by atoms with E-state index in [9.17, 15) is 4.79 Å². The molecule has 5 N–H and O–H groups in total. The van der Waals surface area contributed by atoms with Gasteiger partial charge in [0.2, 0.25) is 6.21 Å². The molecule has 0 heterocycles. The standard InChI is InChI=1S/C14H20BrN5O3/c1-4-22-11-6-9(7-18-19-14(16)17)5-10(15)13(11)23-8-12(21)20(2)3/h5-7H,4,8H2,1-3H3,(H4,16,17,19)/p+1/b18-7-. The summed E-state index contributed by atoms with van der Waals surface area (Å²) in [5.41, 5.74) is 11.2. The molecule has 0 atom stereocenters. The van der Waals surface area contributed by atoms with Crippen LogP contribution in [0.25, 0.3) is 0 Å². The lowest BCUT2D eigenvalue weighted by molar-refractivity contribution is -0.456. The minimum Gasteiger partial charge on any atom is -0.490 e. The number of carbonyl (C=O) groups excluding carboxylic acids is 1. The van der Waals surface area contributed by atoms with Crippen LogP contribution >= 0.6 is 15.9 Å². The van der Waals surface area contributed by atoms with Crippen LogP contribution in [0.1, 0.15) is 12.5 Å². The highest BCUT2D eigenvalue weighted by molar-refractivity contribution is 9.10. The molecule has 1 rings (SSSR count). The van der Waals surface area contributed by atoms with Crippen molar-refractivity contribution in [1.82, 2.24) is 4.90 Å². The Morgan fingerprint density at radius 2 is 2.09 bits per heavy atom. The van der Waals surface area contributed by atoms with Crippen LogP contribution in [0.4, 0.5) is 0 Å². The van der Waals surface area contributed by atoms with E-state index in [0.717, 1.165) is 5.56 Å². The number of amides is 1. The first-order valence-electron chi connectivity index (χ1n) is 6.81. The maximum atomic E-state index is 11.7. The lowest BCUT2D eigenvalue weighted by Crippen LogP contribution is -2.63. The second-order valence-electron chi connectivity index (χ2n) is 4.65. The van der Waals surface area contributed by atoms with Gasteiger partial charge in [-0.2, -0.15) is 0 Å². The van der Waals surface area contributed by atoms with Crippen molar-refractivity contribution < 1.29 is 19.4 Å². The van der Waals surface area contributed by atoms with Gasteiger partial charge >= 0.3 is 0 Å². The highest BCUT2D eigenvalue weighted by Crippen LogP contribution is 2.36. The SMILES string of the molecule is CCOc1cc(/C=[NH+]\N=C(N)N)cc(Br)c1OCC(=O)N(C)C. The third-order valence-corrected chi connectivity index (χ3v) is 3.18. The summed E-state index contributed by atoms with van der Waals surface area (Å²) in [7, 11) is 3.33. The van der Waals surface area contributed by atoms with Gasteiger partial charge in [0, 0.05) is 24.8 Å². The maximum Gasteiger partial charge on any atom is 0.259 e. The van der Waals surface area contributed by atoms with Crippen molar-refractivity contribution in [2.24, 2.45) is 16.6 Å². The van der Waals surface area contributed by atoms with E-state index in [4.69, 9.17) is 20.9 Å². The van der Waals surface area contributed by atoms with Crippen LogP contribution in [0.3, 0.4) is 0 Å².